The molecule has 1 aliphatic rings. The topological polar surface area (TPSA) is 186 Å². The lowest BCUT2D eigenvalue weighted by molar-refractivity contribution is 0.0697. The van der Waals surface area contributed by atoms with Crippen molar-refractivity contribution in [2.75, 3.05) is 16.8 Å². The fourth-order valence-electron chi connectivity index (χ4n) is 2.63. The fourth-order valence-corrected chi connectivity index (χ4v) is 2.63. The van der Waals surface area contributed by atoms with E-state index in [2.05, 4.69) is 20.6 Å². The summed E-state index contributed by atoms with van der Waals surface area (Å²) < 4.78 is 0. The Bertz CT molecular complexity index is 1010. The summed E-state index contributed by atoms with van der Waals surface area (Å²) in [5.41, 5.74) is 13.2. The van der Waals surface area contributed by atoms with E-state index in [4.69, 9.17) is 21.8 Å². The summed E-state index contributed by atoms with van der Waals surface area (Å²) in [5, 5.41) is 32.3. The van der Waals surface area contributed by atoms with Gasteiger partial charge in [0.2, 0.25) is 5.96 Å². The second-order valence-electron chi connectivity index (χ2n) is 5.33. The van der Waals surface area contributed by atoms with E-state index in [0.717, 1.165) is 0 Å². The van der Waals surface area contributed by atoms with E-state index in [9.17, 15) is 10.1 Å². The van der Waals surface area contributed by atoms with E-state index in [1.165, 1.54) is 12.1 Å². The van der Waals surface area contributed by atoms with Crippen LogP contribution in [-0.4, -0.2) is 22.0 Å². The molecule has 10 heteroatoms. The molecule has 2 heterocycles. The molecule has 2 aromatic rings. The summed E-state index contributed by atoms with van der Waals surface area (Å²) in [4.78, 5) is 19.6. The molecule has 0 fully saturated rings. The minimum absolute atomic E-state index is 0.0320. The highest BCUT2D eigenvalue weighted by atomic mass is 16.4. The van der Waals surface area contributed by atoms with Crippen molar-refractivity contribution in [2.45, 2.75) is 6.04 Å². The van der Waals surface area contributed by atoms with Crippen LogP contribution in [0.25, 0.3) is 0 Å². The highest BCUT2D eigenvalue weighted by molar-refractivity contribution is 5.98. The maximum absolute atomic E-state index is 11.0. The number of hydrogen-bond donors (Lipinski definition) is 5. The number of aromatic nitrogens is 1. The number of nitrogens with two attached hydrogens (primary N) is 2. The van der Waals surface area contributed by atoms with Crippen LogP contribution in [0.4, 0.5) is 17.3 Å². The van der Waals surface area contributed by atoms with Crippen molar-refractivity contribution in [1.82, 2.24) is 10.3 Å². The number of rotatable bonds is 2. The first-order chi connectivity index (χ1) is 12.5. The third-order valence-corrected chi connectivity index (χ3v) is 3.83. The molecule has 26 heavy (non-hydrogen) atoms. The predicted octanol–water partition coefficient (Wildman–Crippen LogP) is 0.757. The minimum Gasteiger partial charge on any atom is -0.478 e. The summed E-state index contributed by atoms with van der Waals surface area (Å²) in [6.45, 7) is 0. The maximum atomic E-state index is 11.0. The van der Waals surface area contributed by atoms with Crippen LogP contribution < -0.4 is 22.1 Å². The monoisotopic (exact) mass is 348 g/mol. The van der Waals surface area contributed by atoms with Crippen molar-refractivity contribution in [3.63, 3.8) is 0 Å². The van der Waals surface area contributed by atoms with Crippen molar-refractivity contribution >= 4 is 29.3 Å². The molecule has 0 bridgehead atoms. The number of aliphatic imine (C=N–C) groups is 1. The smallest absolute Gasteiger partial charge is 0.335 e. The number of nitrogen functional groups attached to an aromatic ring is 2. The number of carbonyl (C=O) groups is 1. The molecule has 1 aromatic heterocycles. The number of anilines is 3. The number of hydrogen-bond acceptors (Lipinski definition) is 9. The SMILES string of the molecule is N#CNC1=NC(c2ccc(C(=O)O)cc2)c2c(nc(N)c(C#N)c2N)N1. The summed E-state index contributed by atoms with van der Waals surface area (Å²) in [5.74, 6) is -0.713. The maximum Gasteiger partial charge on any atom is 0.335 e. The van der Waals surface area contributed by atoms with Gasteiger partial charge in [0.15, 0.2) is 6.19 Å². The molecule has 3 rings (SSSR count). The van der Waals surface area contributed by atoms with Gasteiger partial charge in [0.1, 0.15) is 29.3 Å². The second kappa shape index (κ2) is 6.30. The molecule has 0 spiro atoms. The van der Waals surface area contributed by atoms with E-state index >= 15 is 0 Å². The lowest BCUT2D eigenvalue weighted by atomic mass is 9.94. The van der Waals surface area contributed by atoms with Crippen molar-refractivity contribution in [1.29, 1.82) is 10.5 Å². The zero-order valence-corrected chi connectivity index (χ0v) is 13.2. The van der Waals surface area contributed by atoms with Gasteiger partial charge in [-0.2, -0.15) is 10.5 Å². The van der Waals surface area contributed by atoms with Gasteiger partial charge in [0.05, 0.1) is 11.3 Å². The third kappa shape index (κ3) is 2.68. The Labute approximate surface area is 147 Å². The Morgan fingerprint density at radius 1 is 1.27 bits per heavy atom. The van der Waals surface area contributed by atoms with Gasteiger partial charge in [-0.1, -0.05) is 12.1 Å². The standard InChI is InChI=1S/C16H12N8O2/c17-5-9-11(19)10-12(7-1-3-8(4-2-7)15(25)26)22-16(21-6-18)24-14(10)23-13(9)20/h1-4,12H,(H,25,26)(H6,19,20,21,22,23,24). The van der Waals surface area contributed by atoms with Crippen LogP contribution in [0.1, 0.15) is 33.1 Å². The molecular weight excluding hydrogens is 336 g/mol. The number of carboxylic acid groups (broad SMARTS) is 1. The molecule has 10 nitrogen and oxygen atoms in total. The van der Waals surface area contributed by atoms with Crippen LogP contribution in [0.5, 0.6) is 0 Å². The Balaban J connectivity index is 2.19. The van der Waals surface area contributed by atoms with Gasteiger partial charge < -0.3 is 21.9 Å². The number of nitriles is 2. The second-order valence-corrected chi connectivity index (χ2v) is 5.33. The molecule has 1 atom stereocenters. The normalized spacial score (nSPS) is 14.8. The highest BCUT2D eigenvalue weighted by Crippen LogP contribution is 2.40. The lowest BCUT2D eigenvalue weighted by Gasteiger charge is -2.26. The zero-order chi connectivity index (χ0) is 18.8. The van der Waals surface area contributed by atoms with E-state index < -0.39 is 12.0 Å². The Hall–Kier alpha value is -4.31. The number of aromatic carboxylic acids is 1. The molecule has 1 aliphatic heterocycles. The van der Waals surface area contributed by atoms with E-state index in [1.54, 1.807) is 18.3 Å². The third-order valence-electron chi connectivity index (χ3n) is 3.83. The van der Waals surface area contributed by atoms with Gasteiger partial charge in [0.25, 0.3) is 0 Å². The molecule has 0 saturated carbocycles. The summed E-state index contributed by atoms with van der Waals surface area (Å²) in [7, 11) is 0. The lowest BCUT2D eigenvalue weighted by Crippen LogP contribution is -2.32. The number of guanidine groups is 1. The number of benzene rings is 1. The van der Waals surface area contributed by atoms with Gasteiger partial charge in [-0.25, -0.2) is 14.8 Å². The quantitative estimate of drug-likeness (QED) is 0.385. The molecule has 0 saturated heterocycles. The van der Waals surface area contributed by atoms with Crippen molar-refractivity contribution in [3.05, 3.63) is 46.5 Å². The molecule has 1 aromatic carbocycles. The molecule has 0 radical (unpaired) electrons. The van der Waals surface area contributed by atoms with Crippen LogP contribution in [0.3, 0.4) is 0 Å². The molecular formula is C16H12N8O2. The Morgan fingerprint density at radius 3 is 2.54 bits per heavy atom. The highest BCUT2D eigenvalue weighted by Gasteiger charge is 2.29. The number of carboxylic acids is 1. The summed E-state index contributed by atoms with van der Waals surface area (Å²) >= 11 is 0. The molecule has 7 N–H and O–H groups in total. The fraction of sp³-hybridized carbons (Fsp3) is 0.0625. The number of pyridine rings is 1. The molecule has 0 aliphatic carbocycles. The average molecular weight is 348 g/mol. The largest absolute Gasteiger partial charge is 0.478 e. The van der Waals surface area contributed by atoms with Gasteiger partial charge in [-0.05, 0) is 17.7 Å². The van der Waals surface area contributed by atoms with Gasteiger partial charge in [-0.3, -0.25) is 5.32 Å². The van der Waals surface area contributed by atoms with Crippen molar-refractivity contribution in [2.24, 2.45) is 4.99 Å². The van der Waals surface area contributed by atoms with E-state index in [-0.39, 0.29) is 34.4 Å². The predicted molar refractivity (Wildman–Crippen MR) is 92.8 cm³/mol. The first kappa shape index (κ1) is 16.5. The van der Waals surface area contributed by atoms with Crippen LogP contribution in [0.15, 0.2) is 29.3 Å². The van der Waals surface area contributed by atoms with Gasteiger partial charge in [0, 0.05) is 5.56 Å². The number of nitrogens with zero attached hydrogens (tertiary/aromatic N) is 4. The van der Waals surface area contributed by atoms with Crippen LogP contribution in [-0.2, 0) is 0 Å². The zero-order valence-electron chi connectivity index (χ0n) is 13.2. The van der Waals surface area contributed by atoms with E-state index in [0.29, 0.717) is 11.1 Å². The van der Waals surface area contributed by atoms with E-state index in [1.807, 2.05) is 6.07 Å². The number of fused-ring (bicyclic) bond motifs is 1. The van der Waals surface area contributed by atoms with Crippen LogP contribution in [0.2, 0.25) is 0 Å². The molecule has 1 unspecified atom stereocenters. The van der Waals surface area contributed by atoms with Gasteiger partial charge >= 0.3 is 5.97 Å². The van der Waals surface area contributed by atoms with Crippen molar-refractivity contribution < 1.29 is 9.90 Å². The van der Waals surface area contributed by atoms with Crippen molar-refractivity contribution in [3.8, 4) is 12.3 Å². The Morgan fingerprint density at radius 2 is 1.96 bits per heavy atom. The molecule has 0 amide bonds. The first-order valence-electron chi connectivity index (χ1n) is 7.28. The average Bonchev–Trinajstić information content (AvgIpc) is 2.61. The van der Waals surface area contributed by atoms with Crippen LogP contribution in [0, 0.1) is 22.8 Å². The summed E-state index contributed by atoms with van der Waals surface area (Å²) in [6.07, 6.45) is 1.75. The first-order valence-corrected chi connectivity index (χ1v) is 7.28. The van der Waals surface area contributed by atoms with Crippen LogP contribution >= 0.6 is 0 Å². The number of nitrogens with one attached hydrogen (secondary N) is 2. The molecule has 128 valence electrons. The summed E-state index contributed by atoms with van der Waals surface area (Å²) in [6, 6.07) is 7.23. The Kier molecular flexibility index (Phi) is 4.01. The minimum atomic E-state index is -1.06. The van der Waals surface area contributed by atoms with Gasteiger partial charge in [-0.15, -0.1) is 0 Å².